The van der Waals surface area contributed by atoms with Gasteiger partial charge in [-0.2, -0.15) is 0 Å². The Morgan fingerprint density at radius 1 is 1.06 bits per heavy atom. The molecule has 1 aliphatic carbocycles. The number of nitrogens with zero attached hydrogens (tertiary/aromatic N) is 2. The molecule has 1 amide bonds. The molecule has 2 aliphatic heterocycles. The van der Waals surface area contributed by atoms with Crippen LogP contribution in [0.3, 0.4) is 0 Å². The highest BCUT2D eigenvalue weighted by Crippen LogP contribution is 2.40. The number of amides is 1. The second-order valence-electron chi connectivity index (χ2n) is 9.07. The summed E-state index contributed by atoms with van der Waals surface area (Å²) in [4.78, 5) is 16.3. The average Bonchev–Trinajstić information content (AvgIpc) is 3.50. The molecule has 176 valence electrons. The van der Waals surface area contributed by atoms with E-state index in [9.17, 15) is 13.6 Å². The van der Waals surface area contributed by atoms with E-state index in [1.807, 2.05) is 12.1 Å². The second kappa shape index (κ2) is 9.11. The van der Waals surface area contributed by atoms with Crippen LogP contribution in [0.1, 0.15) is 37.2 Å². The number of hydrogen-bond donors (Lipinski definition) is 0. The van der Waals surface area contributed by atoms with Crippen molar-refractivity contribution in [2.45, 2.75) is 43.6 Å². The Morgan fingerprint density at radius 2 is 1.85 bits per heavy atom. The molecule has 1 saturated carbocycles. The fourth-order valence-corrected chi connectivity index (χ4v) is 4.71. The average molecular weight is 477 g/mol. The van der Waals surface area contributed by atoms with Crippen molar-refractivity contribution in [3.8, 4) is 11.5 Å². The van der Waals surface area contributed by atoms with E-state index in [2.05, 4.69) is 12.1 Å². The largest absolute Gasteiger partial charge is 0.491 e. The summed E-state index contributed by atoms with van der Waals surface area (Å²) in [5.74, 6) is -0.840. The van der Waals surface area contributed by atoms with Crippen molar-refractivity contribution in [3.05, 3.63) is 53.1 Å². The molecule has 0 N–H and O–H groups in total. The van der Waals surface area contributed by atoms with E-state index in [0.717, 1.165) is 0 Å². The number of halogens is 3. The van der Waals surface area contributed by atoms with E-state index < -0.39 is 12.0 Å². The summed E-state index contributed by atoms with van der Waals surface area (Å²) >= 11 is 6.38. The van der Waals surface area contributed by atoms with Crippen molar-refractivity contribution in [3.63, 3.8) is 0 Å². The molecule has 0 bridgehead atoms. The van der Waals surface area contributed by atoms with Crippen molar-refractivity contribution in [1.82, 2.24) is 4.90 Å². The Labute approximate surface area is 197 Å². The highest BCUT2D eigenvalue weighted by Gasteiger charge is 2.38. The molecular formula is C25H27ClF2N2O3. The van der Waals surface area contributed by atoms with Crippen molar-refractivity contribution < 1.29 is 23.0 Å². The van der Waals surface area contributed by atoms with Gasteiger partial charge < -0.3 is 14.4 Å². The van der Waals surface area contributed by atoms with Crippen LogP contribution >= 0.6 is 11.6 Å². The molecule has 5 rings (SSSR count). The van der Waals surface area contributed by atoms with Gasteiger partial charge in [-0.25, -0.2) is 8.78 Å². The lowest BCUT2D eigenvalue weighted by molar-refractivity contribution is -0.122. The molecule has 2 saturated heterocycles. The zero-order chi connectivity index (χ0) is 23.0. The molecule has 2 aromatic carbocycles. The Morgan fingerprint density at radius 3 is 2.52 bits per heavy atom. The van der Waals surface area contributed by atoms with Crippen LogP contribution in [0.4, 0.5) is 14.5 Å². The molecule has 2 aromatic rings. The summed E-state index contributed by atoms with van der Waals surface area (Å²) in [6, 6.07) is 13.2. The normalized spacial score (nSPS) is 22.7. The Balaban J connectivity index is 1.15. The van der Waals surface area contributed by atoms with Gasteiger partial charge >= 0.3 is 0 Å². The van der Waals surface area contributed by atoms with E-state index in [-0.39, 0.29) is 25.5 Å². The fourth-order valence-electron chi connectivity index (χ4n) is 4.48. The molecule has 0 radical (unpaired) electrons. The molecular weight excluding hydrogens is 450 g/mol. The zero-order valence-electron chi connectivity index (χ0n) is 18.3. The van der Waals surface area contributed by atoms with E-state index in [4.69, 9.17) is 21.1 Å². The van der Waals surface area contributed by atoms with Crippen molar-refractivity contribution in [2.24, 2.45) is 0 Å². The number of benzene rings is 2. The number of likely N-dealkylation sites (tertiary alicyclic amines) is 1. The van der Waals surface area contributed by atoms with Gasteiger partial charge in [0.05, 0.1) is 11.6 Å². The summed E-state index contributed by atoms with van der Waals surface area (Å²) in [7, 11) is 0. The van der Waals surface area contributed by atoms with Gasteiger partial charge in [0.1, 0.15) is 18.1 Å². The lowest BCUT2D eigenvalue weighted by atomic mass is 10.1. The highest BCUT2D eigenvalue weighted by atomic mass is 35.5. The van der Waals surface area contributed by atoms with E-state index >= 15 is 0 Å². The topological polar surface area (TPSA) is 42.0 Å². The monoisotopic (exact) mass is 476 g/mol. The lowest BCUT2D eigenvalue weighted by Crippen LogP contribution is -2.32. The first-order chi connectivity index (χ1) is 15.9. The summed E-state index contributed by atoms with van der Waals surface area (Å²) in [5.41, 5.74) is 2.02. The summed E-state index contributed by atoms with van der Waals surface area (Å²) in [6.45, 7) is 1.37. The zero-order valence-corrected chi connectivity index (χ0v) is 19.1. The third kappa shape index (κ3) is 5.25. The molecule has 5 nitrogen and oxygen atoms in total. The minimum absolute atomic E-state index is 0.0963. The van der Waals surface area contributed by atoms with Gasteiger partial charge in [0, 0.05) is 38.2 Å². The molecule has 1 atom stereocenters. The summed E-state index contributed by atoms with van der Waals surface area (Å²) < 4.78 is 38.2. The molecule has 0 aromatic heterocycles. The number of hydrogen-bond acceptors (Lipinski definition) is 4. The van der Waals surface area contributed by atoms with Gasteiger partial charge in [-0.05, 0) is 54.7 Å². The number of carbonyl (C=O) groups excluding carboxylic acids is 1. The van der Waals surface area contributed by atoms with Crippen LogP contribution in [-0.4, -0.2) is 55.6 Å². The number of ether oxygens (including phenoxy) is 2. The quantitative estimate of drug-likeness (QED) is 0.530. The van der Waals surface area contributed by atoms with Crippen LogP contribution in [0.5, 0.6) is 11.5 Å². The fraction of sp³-hybridized carbons (Fsp3) is 0.480. The molecule has 8 heteroatoms. The highest BCUT2D eigenvalue weighted by molar-refractivity contribution is 6.32. The standard InChI is InChI=1S/C25H27ClF2N2O3/c26-21-15-19(5-8-22(21)32-14-13-29-12-10-25(27,28)16-29)30-11-9-23(24(30)31)33-20-6-3-18(4-7-20)17-1-2-17/h3-8,15,17,23H,1-2,9-14,16H2/t23-/m0/s1. The van der Waals surface area contributed by atoms with Crippen molar-refractivity contribution in [2.75, 3.05) is 37.7 Å². The first-order valence-corrected chi connectivity index (χ1v) is 11.9. The number of alkyl halides is 2. The number of carbonyl (C=O) groups is 1. The van der Waals surface area contributed by atoms with Crippen molar-refractivity contribution in [1.29, 1.82) is 0 Å². The SMILES string of the molecule is O=C1[C@@H](Oc2ccc(C3CC3)cc2)CCN1c1ccc(OCCN2CCC(F)(F)C2)c(Cl)c1. The number of anilines is 1. The maximum atomic E-state index is 13.3. The van der Waals surface area contributed by atoms with Gasteiger partial charge in [0.25, 0.3) is 11.8 Å². The van der Waals surface area contributed by atoms with Crippen LogP contribution in [-0.2, 0) is 4.79 Å². The molecule has 3 fully saturated rings. The van der Waals surface area contributed by atoms with Crippen LogP contribution in [0.2, 0.25) is 5.02 Å². The van der Waals surface area contributed by atoms with Gasteiger partial charge in [0.15, 0.2) is 6.10 Å². The van der Waals surface area contributed by atoms with E-state index in [1.54, 1.807) is 28.0 Å². The smallest absolute Gasteiger partial charge is 0.268 e. The van der Waals surface area contributed by atoms with Crippen LogP contribution in [0.25, 0.3) is 0 Å². The maximum Gasteiger partial charge on any atom is 0.268 e. The van der Waals surface area contributed by atoms with Crippen LogP contribution in [0, 0.1) is 0 Å². The minimum atomic E-state index is -2.61. The van der Waals surface area contributed by atoms with Crippen LogP contribution in [0.15, 0.2) is 42.5 Å². The Kier molecular flexibility index (Phi) is 6.18. The third-order valence-corrected chi connectivity index (χ3v) is 6.80. The molecule has 0 spiro atoms. The van der Waals surface area contributed by atoms with E-state index in [0.29, 0.717) is 54.2 Å². The van der Waals surface area contributed by atoms with Crippen LogP contribution < -0.4 is 14.4 Å². The maximum absolute atomic E-state index is 13.3. The van der Waals surface area contributed by atoms with Crippen molar-refractivity contribution >= 4 is 23.2 Å². The predicted octanol–water partition coefficient (Wildman–Crippen LogP) is 5.12. The number of rotatable bonds is 8. The summed E-state index contributed by atoms with van der Waals surface area (Å²) in [6.07, 6.45) is 2.47. The van der Waals surface area contributed by atoms with Gasteiger partial charge in [-0.1, -0.05) is 23.7 Å². The molecule has 0 unspecified atom stereocenters. The van der Waals surface area contributed by atoms with Gasteiger partial charge in [-0.3, -0.25) is 9.69 Å². The lowest BCUT2D eigenvalue weighted by Gasteiger charge is -2.19. The van der Waals surface area contributed by atoms with Gasteiger partial charge in [-0.15, -0.1) is 0 Å². The summed E-state index contributed by atoms with van der Waals surface area (Å²) in [5, 5.41) is 0.382. The minimum Gasteiger partial charge on any atom is -0.491 e. The predicted molar refractivity (Wildman–Crippen MR) is 123 cm³/mol. The Hall–Kier alpha value is -2.38. The molecule has 33 heavy (non-hydrogen) atoms. The third-order valence-electron chi connectivity index (χ3n) is 6.50. The second-order valence-corrected chi connectivity index (χ2v) is 9.48. The first-order valence-electron chi connectivity index (χ1n) is 11.5. The first kappa shape index (κ1) is 22.4. The van der Waals surface area contributed by atoms with Gasteiger partial charge in [0.2, 0.25) is 0 Å². The molecule has 3 aliphatic rings. The van der Waals surface area contributed by atoms with E-state index in [1.165, 1.54) is 18.4 Å². The Bertz CT molecular complexity index is 1010. The molecule has 2 heterocycles.